The van der Waals surface area contributed by atoms with Gasteiger partial charge in [0.1, 0.15) is 0 Å². The summed E-state index contributed by atoms with van der Waals surface area (Å²) in [6, 6.07) is 4.10. The zero-order valence-electron chi connectivity index (χ0n) is 8.81. The Hall–Kier alpha value is -1.33. The van der Waals surface area contributed by atoms with Crippen LogP contribution in [0.3, 0.4) is 0 Å². The second-order valence-corrected chi connectivity index (χ2v) is 3.76. The molecule has 0 aliphatic rings. The van der Waals surface area contributed by atoms with Crippen molar-refractivity contribution in [3.63, 3.8) is 0 Å². The molecule has 16 heavy (non-hydrogen) atoms. The topological polar surface area (TPSA) is 75.4 Å². The third-order valence-electron chi connectivity index (χ3n) is 2.24. The Morgan fingerprint density at radius 2 is 2.31 bits per heavy atom. The molecule has 0 aromatic heterocycles. The Balaban J connectivity index is 2.86. The number of nitro benzene ring substituents is 1. The minimum Gasteiger partial charge on any atom is -0.394 e. The Morgan fingerprint density at radius 3 is 2.75 bits per heavy atom. The second-order valence-electron chi connectivity index (χ2n) is 3.35. The third-order valence-corrected chi connectivity index (χ3v) is 2.55. The number of hydrogen-bond acceptors (Lipinski definition) is 4. The van der Waals surface area contributed by atoms with Gasteiger partial charge in [0.25, 0.3) is 5.69 Å². The van der Waals surface area contributed by atoms with E-state index in [0.29, 0.717) is 5.69 Å². The summed E-state index contributed by atoms with van der Waals surface area (Å²) < 4.78 is 0. The van der Waals surface area contributed by atoms with Crippen LogP contribution in [0.25, 0.3) is 0 Å². The quantitative estimate of drug-likeness (QED) is 0.616. The fourth-order valence-electron chi connectivity index (χ4n) is 1.23. The summed E-state index contributed by atoms with van der Waals surface area (Å²) in [5.74, 6) is 0. The lowest BCUT2D eigenvalue weighted by Crippen LogP contribution is -2.22. The highest BCUT2D eigenvalue weighted by atomic mass is 35.5. The molecule has 1 aromatic rings. The van der Waals surface area contributed by atoms with Crippen LogP contribution in [0.2, 0.25) is 5.02 Å². The molecule has 6 heteroatoms. The summed E-state index contributed by atoms with van der Waals surface area (Å²) in [5, 5.41) is 22.8. The van der Waals surface area contributed by atoms with Gasteiger partial charge in [0.2, 0.25) is 0 Å². The first-order chi connectivity index (χ1) is 7.58. The lowest BCUT2D eigenvalue weighted by Gasteiger charge is -2.16. The van der Waals surface area contributed by atoms with E-state index < -0.39 is 4.92 Å². The number of rotatable bonds is 5. The second kappa shape index (κ2) is 5.67. The van der Waals surface area contributed by atoms with E-state index in [4.69, 9.17) is 16.7 Å². The molecule has 0 saturated carbocycles. The van der Waals surface area contributed by atoms with Crippen LogP contribution < -0.4 is 5.32 Å². The largest absolute Gasteiger partial charge is 0.394 e. The van der Waals surface area contributed by atoms with Crippen molar-refractivity contribution in [2.45, 2.75) is 19.4 Å². The lowest BCUT2D eigenvalue weighted by atomic mass is 10.2. The summed E-state index contributed by atoms with van der Waals surface area (Å²) in [4.78, 5) is 9.98. The summed E-state index contributed by atoms with van der Waals surface area (Å²) >= 11 is 5.88. The monoisotopic (exact) mass is 244 g/mol. The molecule has 0 saturated heterocycles. The number of non-ortho nitro benzene ring substituents is 1. The molecule has 0 aliphatic heterocycles. The zero-order chi connectivity index (χ0) is 12.1. The molecule has 0 bridgehead atoms. The van der Waals surface area contributed by atoms with E-state index in [-0.39, 0.29) is 23.4 Å². The zero-order valence-corrected chi connectivity index (χ0v) is 9.57. The molecule has 0 spiro atoms. The van der Waals surface area contributed by atoms with Gasteiger partial charge in [-0.25, -0.2) is 0 Å². The lowest BCUT2D eigenvalue weighted by molar-refractivity contribution is -0.384. The van der Waals surface area contributed by atoms with Crippen LogP contribution in [-0.2, 0) is 0 Å². The smallest absolute Gasteiger partial charge is 0.271 e. The van der Waals surface area contributed by atoms with Crippen molar-refractivity contribution in [2.75, 3.05) is 11.9 Å². The van der Waals surface area contributed by atoms with E-state index in [9.17, 15) is 10.1 Å². The highest BCUT2D eigenvalue weighted by Gasteiger charge is 2.11. The van der Waals surface area contributed by atoms with Gasteiger partial charge in [-0.1, -0.05) is 18.5 Å². The van der Waals surface area contributed by atoms with Crippen LogP contribution in [0.4, 0.5) is 11.4 Å². The molecule has 0 heterocycles. The average molecular weight is 245 g/mol. The molecule has 2 N–H and O–H groups in total. The molecule has 5 nitrogen and oxygen atoms in total. The first-order valence-electron chi connectivity index (χ1n) is 4.89. The van der Waals surface area contributed by atoms with Gasteiger partial charge in [0.15, 0.2) is 0 Å². The van der Waals surface area contributed by atoms with Gasteiger partial charge in [-0.05, 0) is 12.5 Å². The standard InChI is InChI=1S/C10H13ClN2O3/c1-2-7(6-14)12-10-4-3-8(13(15)16)5-9(10)11/h3-5,7,12,14H,2,6H2,1H3/t7-/m0/s1. The molecule has 1 aromatic carbocycles. The summed E-state index contributed by atoms with van der Waals surface area (Å²) in [6.07, 6.45) is 0.740. The normalized spacial score (nSPS) is 12.2. The average Bonchev–Trinajstić information content (AvgIpc) is 2.27. The van der Waals surface area contributed by atoms with Crippen LogP contribution in [0.1, 0.15) is 13.3 Å². The predicted molar refractivity (Wildman–Crippen MR) is 62.9 cm³/mol. The van der Waals surface area contributed by atoms with E-state index in [1.165, 1.54) is 12.1 Å². The maximum absolute atomic E-state index is 10.5. The number of aliphatic hydroxyl groups excluding tert-OH is 1. The molecular weight excluding hydrogens is 232 g/mol. The number of benzene rings is 1. The molecular formula is C10H13ClN2O3. The first kappa shape index (κ1) is 12.7. The van der Waals surface area contributed by atoms with Crippen molar-refractivity contribution >= 4 is 23.0 Å². The highest BCUT2D eigenvalue weighted by Crippen LogP contribution is 2.27. The fourth-order valence-corrected chi connectivity index (χ4v) is 1.46. The molecule has 1 atom stereocenters. The number of halogens is 1. The van der Waals surface area contributed by atoms with Gasteiger partial charge in [-0.15, -0.1) is 0 Å². The number of nitro groups is 1. The van der Waals surface area contributed by atoms with Crippen LogP contribution >= 0.6 is 11.6 Å². The van der Waals surface area contributed by atoms with Gasteiger partial charge < -0.3 is 10.4 Å². The Kier molecular flexibility index (Phi) is 4.52. The summed E-state index contributed by atoms with van der Waals surface area (Å²) in [6.45, 7) is 1.91. The van der Waals surface area contributed by atoms with Crippen molar-refractivity contribution in [1.82, 2.24) is 0 Å². The number of anilines is 1. The van der Waals surface area contributed by atoms with Crippen LogP contribution in [0, 0.1) is 10.1 Å². The molecule has 0 aliphatic carbocycles. The Bertz CT molecular complexity index is 380. The van der Waals surface area contributed by atoms with Crippen LogP contribution in [0.5, 0.6) is 0 Å². The van der Waals surface area contributed by atoms with E-state index >= 15 is 0 Å². The summed E-state index contributed by atoms with van der Waals surface area (Å²) in [5.41, 5.74) is 0.542. The minimum absolute atomic E-state index is 0.0101. The van der Waals surface area contributed by atoms with Gasteiger partial charge in [-0.3, -0.25) is 10.1 Å². The van der Waals surface area contributed by atoms with Gasteiger partial charge in [0, 0.05) is 18.2 Å². The van der Waals surface area contributed by atoms with Gasteiger partial charge in [0.05, 0.1) is 22.2 Å². The van der Waals surface area contributed by atoms with Crippen molar-refractivity contribution in [3.8, 4) is 0 Å². The third kappa shape index (κ3) is 3.08. The SMILES string of the molecule is CC[C@@H](CO)Nc1ccc([N+](=O)[O-])cc1Cl. The highest BCUT2D eigenvalue weighted by molar-refractivity contribution is 6.33. The molecule has 0 amide bonds. The van der Waals surface area contributed by atoms with Crippen LogP contribution in [0.15, 0.2) is 18.2 Å². The van der Waals surface area contributed by atoms with Gasteiger partial charge in [-0.2, -0.15) is 0 Å². The molecule has 88 valence electrons. The Labute approximate surface area is 98.2 Å². The summed E-state index contributed by atoms with van der Waals surface area (Å²) in [7, 11) is 0. The first-order valence-corrected chi connectivity index (χ1v) is 5.27. The predicted octanol–water partition coefficient (Wildman–Crippen LogP) is 2.43. The Morgan fingerprint density at radius 1 is 1.62 bits per heavy atom. The number of nitrogens with one attached hydrogen (secondary N) is 1. The van der Waals surface area contributed by atoms with E-state index in [1.807, 2.05) is 6.92 Å². The number of aliphatic hydroxyl groups is 1. The maximum atomic E-state index is 10.5. The van der Waals surface area contributed by atoms with Gasteiger partial charge >= 0.3 is 0 Å². The molecule has 0 radical (unpaired) electrons. The molecule has 0 fully saturated rings. The van der Waals surface area contributed by atoms with E-state index in [2.05, 4.69) is 5.32 Å². The van der Waals surface area contributed by atoms with E-state index in [0.717, 1.165) is 6.42 Å². The molecule has 1 rings (SSSR count). The van der Waals surface area contributed by atoms with Crippen molar-refractivity contribution in [1.29, 1.82) is 0 Å². The number of hydrogen-bond donors (Lipinski definition) is 2. The van der Waals surface area contributed by atoms with Crippen molar-refractivity contribution < 1.29 is 10.0 Å². The molecule has 0 unspecified atom stereocenters. The fraction of sp³-hybridized carbons (Fsp3) is 0.400. The minimum atomic E-state index is -0.501. The van der Waals surface area contributed by atoms with Crippen LogP contribution in [-0.4, -0.2) is 22.7 Å². The maximum Gasteiger partial charge on any atom is 0.271 e. The number of nitrogens with zero attached hydrogens (tertiary/aromatic N) is 1. The van der Waals surface area contributed by atoms with Crippen molar-refractivity contribution in [2.24, 2.45) is 0 Å². The van der Waals surface area contributed by atoms with Crippen molar-refractivity contribution in [3.05, 3.63) is 33.3 Å². The van der Waals surface area contributed by atoms with E-state index in [1.54, 1.807) is 6.07 Å².